The van der Waals surface area contributed by atoms with Crippen LogP contribution in [0.1, 0.15) is 30.6 Å². The SMILES string of the molecule is CCOc1ccc([C@@H]2c3cccn3CCN2C(=O)NCCCBr)cc1. The first kappa shape index (κ1) is 17.9. The van der Waals surface area contributed by atoms with Crippen LogP contribution in [0.25, 0.3) is 0 Å². The number of carbonyl (C=O) groups is 1. The van der Waals surface area contributed by atoms with Gasteiger partial charge < -0.3 is 19.5 Å². The fraction of sp³-hybridized carbons (Fsp3) is 0.421. The van der Waals surface area contributed by atoms with Crippen LogP contribution < -0.4 is 10.1 Å². The number of rotatable bonds is 6. The number of amides is 2. The van der Waals surface area contributed by atoms with Crippen LogP contribution in [0.3, 0.4) is 0 Å². The summed E-state index contributed by atoms with van der Waals surface area (Å²) in [6, 6.07) is 12.1. The van der Waals surface area contributed by atoms with Gasteiger partial charge in [-0.1, -0.05) is 28.1 Å². The monoisotopic (exact) mass is 405 g/mol. The molecule has 0 spiro atoms. The molecule has 1 aliphatic rings. The first-order chi connectivity index (χ1) is 12.2. The molecule has 0 fully saturated rings. The summed E-state index contributed by atoms with van der Waals surface area (Å²) < 4.78 is 7.77. The number of ether oxygens (including phenoxy) is 1. The van der Waals surface area contributed by atoms with Crippen LogP contribution in [-0.2, 0) is 6.54 Å². The molecule has 2 heterocycles. The van der Waals surface area contributed by atoms with Gasteiger partial charge >= 0.3 is 6.03 Å². The lowest BCUT2D eigenvalue weighted by atomic mass is 10.00. The number of alkyl halides is 1. The molecule has 0 unspecified atom stereocenters. The number of nitrogens with one attached hydrogen (secondary N) is 1. The molecule has 2 aromatic rings. The van der Waals surface area contributed by atoms with E-state index in [4.69, 9.17) is 4.74 Å². The number of halogens is 1. The summed E-state index contributed by atoms with van der Waals surface area (Å²) in [6.07, 6.45) is 3.00. The van der Waals surface area contributed by atoms with Crippen molar-refractivity contribution in [3.63, 3.8) is 0 Å². The number of benzene rings is 1. The van der Waals surface area contributed by atoms with E-state index >= 15 is 0 Å². The molecule has 25 heavy (non-hydrogen) atoms. The molecular weight excluding hydrogens is 382 g/mol. The van der Waals surface area contributed by atoms with Gasteiger partial charge in [-0.05, 0) is 43.2 Å². The number of nitrogens with zero attached hydrogens (tertiary/aromatic N) is 2. The minimum absolute atomic E-state index is 0.00714. The Morgan fingerprint density at radius 3 is 2.80 bits per heavy atom. The molecule has 1 atom stereocenters. The van der Waals surface area contributed by atoms with E-state index in [0.29, 0.717) is 19.7 Å². The van der Waals surface area contributed by atoms with E-state index in [-0.39, 0.29) is 12.1 Å². The summed E-state index contributed by atoms with van der Waals surface area (Å²) in [5.41, 5.74) is 2.24. The van der Waals surface area contributed by atoms with Crippen molar-refractivity contribution < 1.29 is 9.53 Å². The number of hydrogen-bond acceptors (Lipinski definition) is 2. The van der Waals surface area contributed by atoms with Gasteiger partial charge in [0.25, 0.3) is 0 Å². The molecule has 6 heteroatoms. The minimum Gasteiger partial charge on any atom is -0.494 e. The van der Waals surface area contributed by atoms with Gasteiger partial charge in [0, 0.05) is 36.9 Å². The second kappa shape index (κ2) is 8.43. The van der Waals surface area contributed by atoms with Crippen molar-refractivity contribution in [2.24, 2.45) is 0 Å². The fourth-order valence-corrected chi connectivity index (χ4v) is 3.51. The summed E-state index contributed by atoms with van der Waals surface area (Å²) in [7, 11) is 0. The van der Waals surface area contributed by atoms with Crippen molar-refractivity contribution >= 4 is 22.0 Å². The van der Waals surface area contributed by atoms with Gasteiger partial charge in [0.15, 0.2) is 0 Å². The van der Waals surface area contributed by atoms with Gasteiger partial charge in [0.1, 0.15) is 5.75 Å². The first-order valence-electron chi connectivity index (χ1n) is 8.72. The third-order valence-electron chi connectivity index (χ3n) is 4.39. The molecule has 5 nitrogen and oxygen atoms in total. The van der Waals surface area contributed by atoms with E-state index in [2.05, 4.69) is 50.2 Å². The Labute approximate surface area is 157 Å². The summed E-state index contributed by atoms with van der Waals surface area (Å²) in [6.45, 7) is 4.81. The molecule has 3 rings (SSSR count). The van der Waals surface area contributed by atoms with Gasteiger partial charge in [-0.3, -0.25) is 0 Å². The highest BCUT2D eigenvalue weighted by molar-refractivity contribution is 9.09. The van der Waals surface area contributed by atoms with Crippen molar-refractivity contribution in [2.75, 3.05) is 25.0 Å². The molecule has 1 aromatic heterocycles. The van der Waals surface area contributed by atoms with Gasteiger partial charge in [-0.15, -0.1) is 0 Å². The lowest BCUT2D eigenvalue weighted by molar-refractivity contribution is 0.169. The summed E-state index contributed by atoms with van der Waals surface area (Å²) >= 11 is 3.40. The molecular formula is C19H24BrN3O2. The molecule has 1 aliphatic heterocycles. The van der Waals surface area contributed by atoms with E-state index < -0.39 is 0 Å². The lowest BCUT2D eigenvalue weighted by Crippen LogP contribution is -2.47. The first-order valence-corrected chi connectivity index (χ1v) is 9.85. The van der Waals surface area contributed by atoms with Crippen molar-refractivity contribution in [1.82, 2.24) is 14.8 Å². The maximum Gasteiger partial charge on any atom is 0.318 e. The molecule has 1 N–H and O–H groups in total. The third-order valence-corrected chi connectivity index (χ3v) is 4.95. The molecule has 134 valence electrons. The Hall–Kier alpha value is -1.95. The zero-order chi connectivity index (χ0) is 17.6. The zero-order valence-electron chi connectivity index (χ0n) is 14.5. The van der Waals surface area contributed by atoms with Gasteiger partial charge in [0.05, 0.1) is 12.6 Å². The summed E-state index contributed by atoms with van der Waals surface area (Å²) in [5, 5.41) is 3.92. The Morgan fingerprint density at radius 1 is 1.28 bits per heavy atom. The van der Waals surface area contributed by atoms with Crippen molar-refractivity contribution in [2.45, 2.75) is 25.9 Å². The van der Waals surface area contributed by atoms with Crippen LogP contribution in [0.15, 0.2) is 42.6 Å². The van der Waals surface area contributed by atoms with Gasteiger partial charge in [0.2, 0.25) is 0 Å². The average molecular weight is 406 g/mol. The third kappa shape index (κ3) is 4.00. The second-order valence-electron chi connectivity index (χ2n) is 6.00. The zero-order valence-corrected chi connectivity index (χ0v) is 16.0. The van der Waals surface area contributed by atoms with Crippen molar-refractivity contribution in [3.05, 3.63) is 53.9 Å². The van der Waals surface area contributed by atoms with Crippen molar-refractivity contribution in [3.8, 4) is 5.75 Å². The molecule has 0 saturated heterocycles. The average Bonchev–Trinajstić information content (AvgIpc) is 3.11. The van der Waals surface area contributed by atoms with Crippen LogP contribution in [0, 0.1) is 0 Å². The molecule has 1 aromatic carbocycles. The van der Waals surface area contributed by atoms with E-state index in [1.54, 1.807) is 0 Å². The highest BCUT2D eigenvalue weighted by Crippen LogP contribution is 2.33. The molecule has 0 bridgehead atoms. The van der Waals surface area contributed by atoms with Crippen LogP contribution in [-0.4, -0.2) is 40.5 Å². The maximum absolute atomic E-state index is 12.7. The van der Waals surface area contributed by atoms with Crippen LogP contribution >= 0.6 is 15.9 Å². The van der Waals surface area contributed by atoms with Gasteiger partial charge in [-0.2, -0.15) is 0 Å². The van der Waals surface area contributed by atoms with E-state index in [0.717, 1.165) is 35.3 Å². The molecule has 0 saturated carbocycles. The predicted molar refractivity (Wildman–Crippen MR) is 102 cm³/mol. The highest BCUT2D eigenvalue weighted by atomic mass is 79.9. The van der Waals surface area contributed by atoms with Gasteiger partial charge in [-0.25, -0.2) is 4.79 Å². The molecule has 0 aliphatic carbocycles. The topological polar surface area (TPSA) is 46.5 Å². The van der Waals surface area contributed by atoms with E-state index in [1.165, 1.54) is 0 Å². The number of aromatic nitrogens is 1. The minimum atomic E-state index is -0.0802. The lowest BCUT2D eigenvalue weighted by Gasteiger charge is -2.37. The number of carbonyl (C=O) groups excluding carboxylic acids is 1. The van der Waals surface area contributed by atoms with E-state index in [1.807, 2.05) is 30.0 Å². The second-order valence-corrected chi connectivity index (χ2v) is 6.79. The quantitative estimate of drug-likeness (QED) is 0.586. The van der Waals surface area contributed by atoms with E-state index in [9.17, 15) is 4.79 Å². The standard InChI is InChI=1S/C19H24BrN3O2/c1-2-25-16-8-6-15(7-9-16)18-17-5-3-12-22(17)13-14-23(18)19(24)21-11-4-10-20/h3,5-9,12,18H,2,4,10-11,13-14H2,1H3,(H,21,24)/t18-/m1/s1. The Bertz CT molecular complexity index is 699. The Kier molecular flexibility index (Phi) is 6.02. The van der Waals surface area contributed by atoms with Crippen LogP contribution in [0.2, 0.25) is 0 Å². The maximum atomic E-state index is 12.7. The molecule has 2 amide bonds. The fourth-order valence-electron chi connectivity index (χ4n) is 3.23. The number of urea groups is 1. The smallest absolute Gasteiger partial charge is 0.318 e. The summed E-state index contributed by atoms with van der Waals surface area (Å²) in [4.78, 5) is 14.7. The number of hydrogen-bond donors (Lipinski definition) is 1. The highest BCUT2D eigenvalue weighted by Gasteiger charge is 2.31. The number of fused-ring (bicyclic) bond motifs is 1. The van der Waals surface area contributed by atoms with Crippen molar-refractivity contribution in [1.29, 1.82) is 0 Å². The summed E-state index contributed by atoms with van der Waals surface area (Å²) in [5.74, 6) is 0.853. The molecule has 0 radical (unpaired) electrons. The van der Waals surface area contributed by atoms with Crippen LogP contribution in [0.4, 0.5) is 4.79 Å². The Balaban J connectivity index is 1.86. The normalized spacial score (nSPS) is 16.4. The largest absolute Gasteiger partial charge is 0.494 e. The van der Waals surface area contributed by atoms with Crippen LogP contribution in [0.5, 0.6) is 5.75 Å². The predicted octanol–water partition coefficient (Wildman–Crippen LogP) is 3.79. The Morgan fingerprint density at radius 2 is 2.08 bits per heavy atom.